The van der Waals surface area contributed by atoms with Gasteiger partial charge in [-0.3, -0.25) is 4.79 Å². The van der Waals surface area contributed by atoms with E-state index < -0.39 is 12.1 Å². The van der Waals surface area contributed by atoms with Gasteiger partial charge in [-0.1, -0.05) is 47.0 Å². The molecule has 5 heteroatoms. The Morgan fingerprint density at radius 3 is 1.90 bits per heavy atom. The number of alkyl carbamates (subject to hydrolysis) is 1. The van der Waals surface area contributed by atoms with Gasteiger partial charge in [-0.2, -0.15) is 0 Å². The van der Waals surface area contributed by atoms with Crippen LogP contribution in [-0.4, -0.2) is 43.6 Å². The molecule has 1 N–H and O–H groups in total. The fraction of sp³-hybridized carbons (Fsp3) is 0.867. The number of carbonyl (C=O) groups is 2. The predicted molar refractivity (Wildman–Crippen MR) is 82.7 cm³/mol. The maximum absolute atomic E-state index is 11.8. The Labute approximate surface area is 124 Å². The summed E-state index contributed by atoms with van der Waals surface area (Å²) in [5.74, 6) is -0.0662. The van der Waals surface area contributed by atoms with Gasteiger partial charge in [0.15, 0.2) is 0 Å². The number of nitrogens with one attached hydrogen (secondary N) is 1. The highest BCUT2D eigenvalue weighted by molar-refractivity contribution is 5.85. The van der Waals surface area contributed by atoms with E-state index in [4.69, 9.17) is 0 Å². The molecule has 1 aliphatic carbocycles. The lowest BCUT2D eigenvalue weighted by Gasteiger charge is -2.25. The predicted octanol–water partition coefficient (Wildman–Crippen LogP) is 3.04. The number of nitrogens with zero attached hydrogens (tertiary/aromatic N) is 1. The SMILES string of the molecule is C1CC1.CC.CCN(C)C(=O)C(NC(=O)OC)C(C)C. The molecule has 1 aliphatic rings. The maximum atomic E-state index is 11.8. The van der Waals surface area contributed by atoms with Gasteiger partial charge in [-0.25, -0.2) is 4.79 Å². The molecule has 0 heterocycles. The highest BCUT2D eigenvalue weighted by atomic mass is 16.5. The molecular formula is C15H32N2O3. The first-order valence-corrected chi connectivity index (χ1v) is 7.53. The van der Waals surface area contributed by atoms with E-state index in [9.17, 15) is 9.59 Å². The Morgan fingerprint density at radius 2 is 1.65 bits per heavy atom. The molecule has 0 aromatic heterocycles. The number of ether oxygens (including phenoxy) is 1. The fourth-order valence-electron chi connectivity index (χ4n) is 1.09. The van der Waals surface area contributed by atoms with Crippen molar-refractivity contribution < 1.29 is 14.3 Å². The smallest absolute Gasteiger partial charge is 0.407 e. The molecule has 5 nitrogen and oxygen atoms in total. The second-order valence-electron chi connectivity index (χ2n) is 4.77. The summed E-state index contributed by atoms with van der Waals surface area (Å²) in [4.78, 5) is 24.4. The standard InChI is InChI=1S/C10H20N2O3.C3H6.C2H6/c1-6-12(4)9(13)8(7(2)3)11-10(14)15-5;1-2-3-1;1-2/h7-8H,6H2,1-5H3,(H,11,14);1-3H2;1-2H3. The summed E-state index contributed by atoms with van der Waals surface area (Å²) in [5, 5.41) is 2.53. The fourth-order valence-corrected chi connectivity index (χ4v) is 1.09. The zero-order valence-electron chi connectivity index (χ0n) is 14.2. The monoisotopic (exact) mass is 288 g/mol. The van der Waals surface area contributed by atoms with Crippen LogP contribution in [-0.2, 0) is 9.53 Å². The minimum Gasteiger partial charge on any atom is -0.453 e. The molecule has 0 saturated heterocycles. The van der Waals surface area contributed by atoms with Crippen LogP contribution in [0.25, 0.3) is 0 Å². The van der Waals surface area contributed by atoms with E-state index in [1.807, 2.05) is 34.6 Å². The van der Waals surface area contributed by atoms with Crippen molar-refractivity contribution in [1.29, 1.82) is 0 Å². The highest BCUT2D eigenvalue weighted by Crippen LogP contribution is 2.14. The van der Waals surface area contributed by atoms with Gasteiger partial charge in [0.1, 0.15) is 6.04 Å². The average Bonchev–Trinajstić information content (AvgIpc) is 3.33. The molecule has 1 unspecified atom stereocenters. The lowest BCUT2D eigenvalue weighted by Crippen LogP contribution is -2.50. The Balaban J connectivity index is 0. The van der Waals surface area contributed by atoms with Crippen LogP contribution in [0.15, 0.2) is 0 Å². The lowest BCUT2D eigenvalue weighted by atomic mass is 10.0. The van der Waals surface area contributed by atoms with Gasteiger partial charge in [0.25, 0.3) is 0 Å². The van der Waals surface area contributed by atoms with E-state index >= 15 is 0 Å². The largest absolute Gasteiger partial charge is 0.453 e. The lowest BCUT2D eigenvalue weighted by molar-refractivity contribution is -0.132. The second kappa shape index (κ2) is 12.8. The molecule has 0 bridgehead atoms. The Hall–Kier alpha value is -1.26. The molecule has 0 aliphatic heterocycles. The molecule has 120 valence electrons. The van der Waals surface area contributed by atoms with Gasteiger partial charge < -0.3 is 15.0 Å². The van der Waals surface area contributed by atoms with Crippen molar-refractivity contribution in [3.63, 3.8) is 0 Å². The van der Waals surface area contributed by atoms with E-state index in [0.717, 1.165) is 0 Å². The number of carbonyl (C=O) groups excluding carboxylic acids is 2. The summed E-state index contributed by atoms with van der Waals surface area (Å²) in [5.41, 5.74) is 0. The van der Waals surface area contributed by atoms with Gasteiger partial charge in [0, 0.05) is 13.6 Å². The third-order valence-corrected chi connectivity index (χ3v) is 2.60. The van der Waals surface area contributed by atoms with Gasteiger partial charge >= 0.3 is 6.09 Å². The van der Waals surface area contributed by atoms with Crippen molar-refractivity contribution in [3.8, 4) is 0 Å². The second-order valence-corrected chi connectivity index (χ2v) is 4.77. The number of methoxy groups -OCH3 is 1. The number of hydrogen-bond donors (Lipinski definition) is 1. The van der Waals surface area contributed by atoms with Crippen molar-refractivity contribution in [2.45, 2.75) is 59.9 Å². The topological polar surface area (TPSA) is 58.6 Å². The van der Waals surface area contributed by atoms with Crippen LogP contribution in [0.2, 0.25) is 0 Å². The van der Waals surface area contributed by atoms with E-state index in [2.05, 4.69) is 10.1 Å². The van der Waals surface area contributed by atoms with Crippen molar-refractivity contribution in [2.75, 3.05) is 20.7 Å². The van der Waals surface area contributed by atoms with E-state index in [0.29, 0.717) is 6.54 Å². The zero-order valence-corrected chi connectivity index (χ0v) is 14.2. The van der Waals surface area contributed by atoms with Crippen LogP contribution in [0.4, 0.5) is 4.79 Å². The summed E-state index contributed by atoms with van der Waals surface area (Å²) < 4.78 is 4.47. The van der Waals surface area contributed by atoms with E-state index in [-0.39, 0.29) is 11.8 Å². The molecule has 0 radical (unpaired) electrons. The molecule has 2 amide bonds. The maximum Gasteiger partial charge on any atom is 0.407 e. The molecule has 0 spiro atoms. The summed E-state index contributed by atoms with van der Waals surface area (Å²) in [6, 6.07) is -0.526. The quantitative estimate of drug-likeness (QED) is 0.865. The van der Waals surface area contributed by atoms with Gasteiger partial charge in [0.05, 0.1) is 7.11 Å². The van der Waals surface area contributed by atoms with Crippen molar-refractivity contribution in [2.24, 2.45) is 5.92 Å². The summed E-state index contributed by atoms with van der Waals surface area (Å²) in [7, 11) is 2.98. The number of rotatable bonds is 4. The van der Waals surface area contributed by atoms with Gasteiger partial charge in [0.2, 0.25) is 5.91 Å². The minimum atomic E-state index is -0.577. The first kappa shape index (κ1) is 21.0. The zero-order chi connectivity index (χ0) is 16.1. The van der Waals surface area contributed by atoms with Crippen molar-refractivity contribution in [3.05, 3.63) is 0 Å². The normalized spacial score (nSPS) is 13.0. The average molecular weight is 288 g/mol. The Bertz CT molecular complexity index is 263. The first-order chi connectivity index (χ1) is 9.43. The molecule has 20 heavy (non-hydrogen) atoms. The van der Waals surface area contributed by atoms with Crippen LogP contribution < -0.4 is 5.32 Å². The van der Waals surface area contributed by atoms with Crippen molar-refractivity contribution in [1.82, 2.24) is 10.2 Å². The summed E-state index contributed by atoms with van der Waals surface area (Å²) in [6.45, 7) is 10.3. The molecule has 1 rings (SSSR count). The minimum absolute atomic E-state index is 0.0330. The summed E-state index contributed by atoms with van der Waals surface area (Å²) >= 11 is 0. The molecular weight excluding hydrogens is 256 g/mol. The van der Waals surface area contributed by atoms with Crippen molar-refractivity contribution >= 4 is 12.0 Å². The number of hydrogen-bond acceptors (Lipinski definition) is 3. The molecule has 0 aromatic carbocycles. The Morgan fingerprint density at radius 1 is 1.20 bits per heavy atom. The molecule has 1 fully saturated rings. The summed E-state index contributed by atoms with van der Waals surface area (Å²) in [6.07, 6.45) is 3.92. The van der Waals surface area contributed by atoms with Crippen LogP contribution >= 0.6 is 0 Å². The third-order valence-electron chi connectivity index (χ3n) is 2.60. The van der Waals surface area contributed by atoms with Crippen LogP contribution in [0.5, 0.6) is 0 Å². The van der Waals surface area contributed by atoms with Gasteiger partial charge in [-0.15, -0.1) is 0 Å². The molecule has 0 aromatic rings. The third kappa shape index (κ3) is 10.6. The van der Waals surface area contributed by atoms with Gasteiger partial charge in [-0.05, 0) is 12.8 Å². The van der Waals surface area contributed by atoms with Crippen LogP contribution in [0.1, 0.15) is 53.9 Å². The van der Waals surface area contributed by atoms with E-state index in [1.165, 1.54) is 26.4 Å². The first-order valence-electron chi connectivity index (χ1n) is 7.53. The molecule has 1 saturated carbocycles. The molecule has 1 atom stereocenters. The number of likely N-dealkylation sites (N-methyl/N-ethyl adjacent to an activating group) is 1. The Kier molecular flexibility index (Phi) is 13.4. The van der Waals surface area contributed by atoms with Crippen LogP contribution in [0, 0.1) is 5.92 Å². The van der Waals surface area contributed by atoms with E-state index in [1.54, 1.807) is 11.9 Å². The van der Waals surface area contributed by atoms with Crippen LogP contribution in [0.3, 0.4) is 0 Å². The highest BCUT2D eigenvalue weighted by Gasteiger charge is 2.26. The number of amides is 2.